The second kappa shape index (κ2) is 9.58. The molecule has 0 radical (unpaired) electrons. The zero-order valence-electron chi connectivity index (χ0n) is 12.4. The standard InChI is InChI=1S/C16H21NO4/c1-3-21-16(19)5-4-12-17-15(18)11-8-13-6-9-14(20-2)10-7-13/h6-11H,3-5,12H2,1-2H3,(H,17,18). The molecule has 0 aliphatic heterocycles. The van der Waals surface area contributed by atoms with Crippen LogP contribution in [0.15, 0.2) is 30.3 Å². The van der Waals surface area contributed by atoms with Crippen molar-refractivity contribution < 1.29 is 19.1 Å². The predicted octanol–water partition coefficient (Wildman–Crippen LogP) is 2.17. The van der Waals surface area contributed by atoms with E-state index >= 15 is 0 Å². The van der Waals surface area contributed by atoms with Crippen molar-refractivity contribution in [2.45, 2.75) is 19.8 Å². The fourth-order valence-electron chi connectivity index (χ4n) is 1.62. The first-order valence-corrected chi connectivity index (χ1v) is 6.91. The van der Waals surface area contributed by atoms with Crippen LogP contribution in [-0.4, -0.2) is 32.1 Å². The molecule has 0 bridgehead atoms. The molecule has 21 heavy (non-hydrogen) atoms. The Morgan fingerprint density at radius 3 is 2.57 bits per heavy atom. The number of nitrogens with one attached hydrogen (secondary N) is 1. The molecule has 0 aliphatic rings. The smallest absolute Gasteiger partial charge is 0.305 e. The number of hydrogen-bond acceptors (Lipinski definition) is 4. The maximum atomic E-state index is 11.6. The molecule has 0 spiro atoms. The fourth-order valence-corrected chi connectivity index (χ4v) is 1.62. The zero-order valence-corrected chi connectivity index (χ0v) is 12.4. The van der Waals surface area contributed by atoms with Crippen LogP contribution in [0, 0.1) is 0 Å². The molecule has 0 aromatic heterocycles. The quantitative estimate of drug-likeness (QED) is 0.453. The van der Waals surface area contributed by atoms with Gasteiger partial charge in [0.2, 0.25) is 5.91 Å². The number of hydrogen-bond donors (Lipinski definition) is 1. The second-order valence-electron chi connectivity index (χ2n) is 4.31. The number of ether oxygens (including phenoxy) is 2. The topological polar surface area (TPSA) is 64.6 Å². The van der Waals surface area contributed by atoms with Crippen molar-refractivity contribution in [3.05, 3.63) is 35.9 Å². The lowest BCUT2D eigenvalue weighted by molar-refractivity contribution is -0.143. The third-order valence-electron chi connectivity index (χ3n) is 2.71. The van der Waals surface area contributed by atoms with Gasteiger partial charge in [0.05, 0.1) is 13.7 Å². The van der Waals surface area contributed by atoms with Gasteiger partial charge >= 0.3 is 5.97 Å². The summed E-state index contributed by atoms with van der Waals surface area (Å²) in [6.07, 6.45) is 4.07. The van der Waals surface area contributed by atoms with E-state index in [2.05, 4.69) is 5.32 Å². The Hall–Kier alpha value is -2.30. The largest absolute Gasteiger partial charge is 0.497 e. The Balaban J connectivity index is 2.26. The average Bonchev–Trinajstić information content (AvgIpc) is 2.50. The molecule has 0 saturated heterocycles. The van der Waals surface area contributed by atoms with E-state index in [9.17, 15) is 9.59 Å². The van der Waals surface area contributed by atoms with E-state index in [0.29, 0.717) is 26.0 Å². The number of amides is 1. The van der Waals surface area contributed by atoms with Crippen molar-refractivity contribution in [2.24, 2.45) is 0 Å². The zero-order chi connectivity index (χ0) is 15.5. The summed E-state index contributed by atoms with van der Waals surface area (Å²) in [5.41, 5.74) is 0.914. The first-order chi connectivity index (χ1) is 10.2. The van der Waals surface area contributed by atoms with Gasteiger partial charge in [-0.05, 0) is 37.1 Å². The number of rotatable bonds is 8. The van der Waals surface area contributed by atoms with E-state index in [4.69, 9.17) is 9.47 Å². The molecule has 5 nitrogen and oxygen atoms in total. The van der Waals surface area contributed by atoms with Crippen LogP contribution in [0.3, 0.4) is 0 Å². The highest BCUT2D eigenvalue weighted by molar-refractivity contribution is 5.91. The van der Waals surface area contributed by atoms with Crippen LogP contribution < -0.4 is 10.1 Å². The second-order valence-corrected chi connectivity index (χ2v) is 4.31. The van der Waals surface area contributed by atoms with E-state index in [1.165, 1.54) is 6.08 Å². The fraction of sp³-hybridized carbons (Fsp3) is 0.375. The molecule has 0 aliphatic carbocycles. The number of carbonyl (C=O) groups excluding carboxylic acids is 2. The van der Waals surface area contributed by atoms with Crippen LogP contribution in [-0.2, 0) is 14.3 Å². The Labute approximate surface area is 124 Å². The van der Waals surface area contributed by atoms with Crippen molar-refractivity contribution in [1.82, 2.24) is 5.32 Å². The van der Waals surface area contributed by atoms with Gasteiger partial charge in [0.15, 0.2) is 0 Å². The lowest BCUT2D eigenvalue weighted by Crippen LogP contribution is -2.22. The SMILES string of the molecule is CCOC(=O)CCCNC(=O)C=Cc1ccc(OC)cc1. The highest BCUT2D eigenvalue weighted by Gasteiger charge is 2.01. The maximum Gasteiger partial charge on any atom is 0.305 e. The number of methoxy groups -OCH3 is 1. The molecule has 0 fully saturated rings. The minimum absolute atomic E-state index is 0.185. The van der Waals surface area contributed by atoms with Crippen LogP contribution >= 0.6 is 0 Å². The van der Waals surface area contributed by atoms with Gasteiger partial charge in [0.1, 0.15) is 5.75 Å². The van der Waals surface area contributed by atoms with Gasteiger partial charge < -0.3 is 14.8 Å². The summed E-state index contributed by atoms with van der Waals surface area (Å²) < 4.78 is 9.85. The Bertz CT molecular complexity index is 480. The molecule has 1 aromatic carbocycles. The molecule has 0 atom stereocenters. The minimum Gasteiger partial charge on any atom is -0.497 e. The summed E-state index contributed by atoms with van der Waals surface area (Å²) >= 11 is 0. The number of esters is 1. The normalized spacial score (nSPS) is 10.4. The first kappa shape index (κ1) is 16.8. The first-order valence-electron chi connectivity index (χ1n) is 6.91. The molecule has 114 valence electrons. The molecule has 1 N–H and O–H groups in total. The molecular weight excluding hydrogens is 270 g/mol. The van der Waals surface area contributed by atoms with E-state index in [1.807, 2.05) is 24.3 Å². The van der Waals surface area contributed by atoms with Gasteiger partial charge in [0, 0.05) is 19.0 Å². The van der Waals surface area contributed by atoms with Gasteiger partial charge in [-0.25, -0.2) is 0 Å². The summed E-state index contributed by atoms with van der Waals surface area (Å²) in [7, 11) is 1.61. The van der Waals surface area contributed by atoms with E-state index in [1.54, 1.807) is 20.1 Å². The number of benzene rings is 1. The summed E-state index contributed by atoms with van der Waals surface area (Å²) in [5.74, 6) is 0.353. The Morgan fingerprint density at radius 1 is 1.24 bits per heavy atom. The van der Waals surface area contributed by atoms with Crippen molar-refractivity contribution in [3.63, 3.8) is 0 Å². The molecular formula is C16H21NO4. The van der Waals surface area contributed by atoms with Crippen LogP contribution in [0.4, 0.5) is 0 Å². The molecule has 1 aromatic rings. The van der Waals surface area contributed by atoms with Gasteiger partial charge in [-0.2, -0.15) is 0 Å². The van der Waals surface area contributed by atoms with Gasteiger partial charge in [-0.3, -0.25) is 9.59 Å². The summed E-state index contributed by atoms with van der Waals surface area (Å²) in [6, 6.07) is 7.39. The summed E-state index contributed by atoms with van der Waals surface area (Å²) in [5, 5.41) is 2.71. The lowest BCUT2D eigenvalue weighted by atomic mass is 10.2. The number of carbonyl (C=O) groups is 2. The van der Waals surface area contributed by atoms with Crippen molar-refractivity contribution >= 4 is 18.0 Å². The predicted molar refractivity (Wildman–Crippen MR) is 80.9 cm³/mol. The van der Waals surface area contributed by atoms with Crippen molar-refractivity contribution in [1.29, 1.82) is 0 Å². The average molecular weight is 291 g/mol. The molecule has 0 unspecified atom stereocenters. The van der Waals surface area contributed by atoms with Crippen LogP contribution in [0.5, 0.6) is 5.75 Å². The molecule has 0 heterocycles. The summed E-state index contributed by atoms with van der Waals surface area (Å²) in [6.45, 7) is 2.60. The lowest BCUT2D eigenvalue weighted by Gasteiger charge is -2.03. The van der Waals surface area contributed by atoms with E-state index < -0.39 is 0 Å². The monoisotopic (exact) mass is 291 g/mol. The molecule has 5 heteroatoms. The Kier molecular flexibility index (Phi) is 7.64. The van der Waals surface area contributed by atoms with Crippen molar-refractivity contribution in [3.8, 4) is 5.75 Å². The third kappa shape index (κ3) is 7.15. The van der Waals surface area contributed by atoms with E-state index in [-0.39, 0.29) is 11.9 Å². The van der Waals surface area contributed by atoms with Gasteiger partial charge in [-0.15, -0.1) is 0 Å². The highest BCUT2D eigenvalue weighted by atomic mass is 16.5. The van der Waals surface area contributed by atoms with Crippen LogP contribution in [0.25, 0.3) is 6.08 Å². The third-order valence-corrected chi connectivity index (χ3v) is 2.71. The van der Waals surface area contributed by atoms with Crippen molar-refractivity contribution in [2.75, 3.05) is 20.3 Å². The van der Waals surface area contributed by atoms with E-state index in [0.717, 1.165) is 11.3 Å². The maximum absolute atomic E-state index is 11.6. The Morgan fingerprint density at radius 2 is 1.95 bits per heavy atom. The van der Waals surface area contributed by atoms with Gasteiger partial charge in [-0.1, -0.05) is 12.1 Å². The molecule has 1 rings (SSSR count). The molecule has 0 saturated carbocycles. The van der Waals surface area contributed by atoms with Gasteiger partial charge in [0.25, 0.3) is 0 Å². The minimum atomic E-state index is -0.236. The summed E-state index contributed by atoms with van der Waals surface area (Å²) in [4.78, 5) is 22.7. The van der Waals surface area contributed by atoms with Crippen LogP contribution in [0.1, 0.15) is 25.3 Å². The highest BCUT2D eigenvalue weighted by Crippen LogP contribution is 2.12. The van der Waals surface area contributed by atoms with Crippen LogP contribution in [0.2, 0.25) is 0 Å². The molecule has 1 amide bonds.